The Labute approximate surface area is 346 Å². The Bertz CT molecular complexity index is 1010. The number of amides is 1. The first-order chi connectivity index (χ1) is 27.5. The minimum Gasteiger partial charge on any atom is -0.462 e. The van der Waals surface area contributed by atoms with E-state index in [2.05, 4.69) is 86.8 Å². The lowest BCUT2D eigenvalue weighted by molar-refractivity contribution is -0.151. The molecule has 0 heterocycles. The molecule has 3 unspecified atom stereocenters. The number of ether oxygens (including phenoxy) is 1. The van der Waals surface area contributed by atoms with Crippen LogP contribution in [0.5, 0.6) is 0 Å². The van der Waals surface area contributed by atoms with Crippen LogP contribution >= 0.6 is 0 Å². The van der Waals surface area contributed by atoms with Gasteiger partial charge in [-0.2, -0.15) is 0 Å². The number of aliphatic hydroxyl groups is 2. The molecule has 0 saturated heterocycles. The van der Waals surface area contributed by atoms with E-state index in [0.29, 0.717) is 19.3 Å². The molecule has 0 saturated carbocycles. The van der Waals surface area contributed by atoms with Crippen LogP contribution in [0.4, 0.5) is 0 Å². The smallest absolute Gasteiger partial charge is 0.306 e. The first-order valence-electron chi connectivity index (χ1n) is 23.5. The number of rotatable bonds is 41. The van der Waals surface area contributed by atoms with Gasteiger partial charge in [-0.05, 0) is 64.2 Å². The standard InChI is InChI=1S/C50H89NO5/c1-4-7-10-13-16-19-21-22-23-24-25-26-28-30-32-35-38-41-46(56-50(55)43-40-37-34-31-27-20-17-14-11-8-5-2)44-49(54)51-47(45-52)48(53)42-39-36-33-29-18-15-12-9-6-3/h7,10,16,19,22-23,25-26,30,32,46-48,52-53H,4-6,8-9,11-15,17-18,20-21,24,27-29,31,33-45H2,1-3H3,(H,51,54)/b10-7-,19-16-,23-22-,26-25-,32-30-. The predicted molar refractivity (Wildman–Crippen MR) is 241 cm³/mol. The van der Waals surface area contributed by atoms with Crippen LogP contribution in [-0.4, -0.2) is 46.9 Å². The van der Waals surface area contributed by atoms with Crippen LogP contribution in [0, 0.1) is 0 Å². The summed E-state index contributed by atoms with van der Waals surface area (Å²) in [6.07, 6.45) is 52.8. The maximum Gasteiger partial charge on any atom is 0.306 e. The van der Waals surface area contributed by atoms with Crippen molar-refractivity contribution in [2.45, 2.75) is 238 Å². The number of hydrogen-bond acceptors (Lipinski definition) is 5. The molecule has 0 aliphatic carbocycles. The third kappa shape index (κ3) is 38.4. The number of aliphatic hydroxyl groups excluding tert-OH is 2. The van der Waals surface area contributed by atoms with Crippen molar-refractivity contribution >= 4 is 11.9 Å². The van der Waals surface area contributed by atoms with Gasteiger partial charge >= 0.3 is 5.97 Å². The van der Waals surface area contributed by atoms with E-state index in [4.69, 9.17) is 4.74 Å². The topological polar surface area (TPSA) is 95.9 Å². The second kappa shape index (κ2) is 43.7. The number of unbranched alkanes of at least 4 members (excludes halogenated alkanes) is 19. The molecule has 0 spiro atoms. The van der Waals surface area contributed by atoms with Gasteiger partial charge in [-0.15, -0.1) is 0 Å². The summed E-state index contributed by atoms with van der Waals surface area (Å²) in [5.41, 5.74) is 0. The maximum atomic E-state index is 13.1. The summed E-state index contributed by atoms with van der Waals surface area (Å²) in [7, 11) is 0. The number of hydrogen-bond donors (Lipinski definition) is 3. The van der Waals surface area contributed by atoms with Crippen LogP contribution in [-0.2, 0) is 14.3 Å². The second-order valence-electron chi connectivity index (χ2n) is 15.8. The number of carbonyl (C=O) groups is 2. The molecule has 3 N–H and O–H groups in total. The van der Waals surface area contributed by atoms with Gasteiger partial charge < -0.3 is 20.3 Å². The SMILES string of the molecule is CC/C=C\C/C=C\C/C=C\C/C=C\C/C=C\CCCC(CC(=O)NC(CO)C(O)CCCCCCCCCCC)OC(=O)CCCCCCCCCCCCC. The summed E-state index contributed by atoms with van der Waals surface area (Å²) in [5.74, 6) is -0.532. The molecular weight excluding hydrogens is 695 g/mol. The average Bonchev–Trinajstić information content (AvgIpc) is 3.19. The van der Waals surface area contributed by atoms with Crippen molar-refractivity contribution < 1.29 is 24.5 Å². The predicted octanol–water partition coefficient (Wildman–Crippen LogP) is 13.7. The summed E-state index contributed by atoms with van der Waals surface area (Å²) in [6.45, 7) is 6.31. The Morgan fingerprint density at radius 3 is 1.43 bits per heavy atom. The fraction of sp³-hybridized carbons (Fsp3) is 0.760. The highest BCUT2D eigenvalue weighted by atomic mass is 16.5. The van der Waals surface area contributed by atoms with E-state index in [1.165, 1.54) is 89.9 Å². The highest BCUT2D eigenvalue weighted by Crippen LogP contribution is 2.16. The van der Waals surface area contributed by atoms with E-state index in [9.17, 15) is 19.8 Å². The van der Waals surface area contributed by atoms with Gasteiger partial charge in [-0.25, -0.2) is 0 Å². The zero-order valence-corrected chi connectivity index (χ0v) is 36.8. The normalized spacial score (nSPS) is 13.9. The number of allylic oxidation sites excluding steroid dienone is 10. The maximum absolute atomic E-state index is 13.1. The molecule has 0 aromatic carbocycles. The van der Waals surface area contributed by atoms with Crippen molar-refractivity contribution in [3.8, 4) is 0 Å². The van der Waals surface area contributed by atoms with Crippen LogP contribution in [0.3, 0.4) is 0 Å². The Hall–Kier alpha value is -2.44. The lowest BCUT2D eigenvalue weighted by Gasteiger charge is -2.24. The Balaban J connectivity index is 4.72. The van der Waals surface area contributed by atoms with Crippen LogP contribution in [0.15, 0.2) is 60.8 Å². The fourth-order valence-electron chi connectivity index (χ4n) is 6.81. The van der Waals surface area contributed by atoms with Crippen molar-refractivity contribution in [1.82, 2.24) is 5.32 Å². The highest BCUT2D eigenvalue weighted by Gasteiger charge is 2.24. The van der Waals surface area contributed by atoms with Crippen LogP contribution in [0.25, 0.3) is 0 Å². The number of nitrogens with one attached hydrogen (secondary N) is 1. The highest BCUT2D eigenvalue weighted by molar-refractivity contribution is 5.77. The third-order valence-electron chi connectivity index (χ3n) is 10.4. The molecule has 56 heavy (non-hydrogen) atoms. The summed E-state index contributed by atoms with van der Waals surface area (Å²) < 4.78 is 5.88. The lowest BCUT2D eigenvalue weighted by atomic mass is 10.0. The van der Waals surface area contributed by atoms with Crippen molar-refractivity contribution in [2.75, 3.05) is 6.61 Å². The van der Waals surface area contributed by atoms with Crippen LogP contribution in [0.1, 0.15) is 220 Å². The Morgan fingerprint density at radius 2 is 0.964 bits per heavy atom. The molecular formula is C50H89NO5. The molecule has 0 rings (SSSR count). The minimum atomic E-state index is -0.800. The van der Waals surface area contributed by atoms with Gasteiger partial charge in [0.1, 0.15) is 6.10 Å². The van der Waals surface area contributed by atoms with Gasteiger partial charge in [0, 0.05) is 6.42 Å². The van der Waals surface area contributed by atoms with Crippen molar-refractivity contribution in [1.29, 1.82) is 0 Å². The molecule has 324 valence electrons. The van der Waals surface area contributed by atoms with Crippen molar-refractivity contribution in [3.05, 3.63) is 60.8 Å². The summed E-state index contributed by atoms with van der Waals surface area (Å²) in [4.78, 5) is 26.0. The molecule has 3 atom stereocenters. The van der Waals surface area contributed by atoms with Crippen molar-refractivity contribution in [3.63, 3.8) is 0 Å². The Kier molecular flexibility index (Phi) is 41.8. The molecule has 6 heteroatoms. The first-order valence-corrected chi connectivity index (χ1v) is 23.5. The fourth-order valence-corrected chi connectivity index (χ4v) is 6.81. The molecule has 6 nitrogen and oxygen atoms in total. The summed E-state index contributed by atoms with van der Waals surface area (Å²) in [5, 5.41) is 23.6. The summed E-state index contributed by atoms with van der Waals surface area (Å²) in [6, 6.07) is -0.717. The molecule has 0 fully saturated rings. The second-order valence-corrected chi connectivity index (χ2v) is 15.8. The molecule has 0 aromatic rings. The van der Waals surface area contributed by atoms with Crippen molar-refractivity contribution in [2.24, 2.45) is 0 Å². The number of carbonyl (C=O) groups excluding carboxylic acids is 2. The van der Waals surface area contributed by atoms with Crippen LogP contribution < -0.4 is 5.32 Å². The zero-order chi connectivity index (χ0) is 41.0. The van der Waals surface area contributed by atoms with Gasteiger partial charge in [0.05, 0.1) is 25.2 Å². The third-order valence-corrected chi connectivity index (χ3v) is 10.4. The molecule has 0 aliphatic heterocycles. The van der Waals surface area contributed by atoms with E-state index in [0.717, 1.165) is 83.5 Å². The van der Waals surface area contributed by atoms with Gasteiger partial charge in [0.25, 0.3) is 0 Å². The van der Waals surface area contributed by atoms with E-state index in [1.807, 2.05) is 0 Å². The largest absolute Gasteiger partial charge is 0.462 e. The van der Waals surface area contributed by atoms with Gasteiger partial charge in [-0.1, -0.05) is 204 Å². The van der Waals surface area contributed by atoms with Gasteiger partial charge in [0.2, 0.25) is 5.91 Å². The first kappa shape index (κ1) is 53.6. The molecule has 0 aromatic heterocycles. The molecule has 1 amide bonds. The van der Waals surface area contributed by atoms with E-state index >= 15 is 0 Å². The molecule has 0 bridgehead atoms. The van der Waals surface area contributed by atoms with Gasteiger partial charge in [-0.3, -0.25) is 9.59 Å². The quantitative estimate of drug-likeness (QED) is 0.0326. The zero-order valence-electron chi connectivity index (χ0n) is 36.8. The molecule has 0 aliphatic rings. The lowest BCUT2D eigenvalue weighted by Crippen LogP contribution is -2.46. The monoisotopic (exact) mass is 784 g/mol. The summed E-state index contributed by atoms with van der Waals surface area (Å²) >= 11 is 0. The molecule has 0 radical (unpaired) electrons. The van der Waals surface area contributed by atoms with E-state index < -0.39 is 18.2 Å². The van der Waals surface area contributed by atoms with E-state index in [-0.39, 0.29) is 24.9 Å². The van der Waals surface area contributed by atoms with Gasteiger partial charge in [0.15, 0.2) is 0 Å². The van der Waals surface area contributed by atoms with Crippen LogP contribution in [0.2, 0.25) is 0 Å². The Morgan fingerprint density at radius 1 is 0.536 bits per heavy atom. The number of esters is 1. The average molecular weight is 784 g/mol. The minimum absolute atomic E-state index is 0.0386. The van der Waals surface area contributed by atoms with E-state index in [1.54, 1.807) is 0 Å².